The summed E-state index contributed by atoms with van der Waals surface area (Å²) >= 11 is 0. The summed E-state index contributed by atoms with van der Waals surface area (Å²) < 4.78 is 0. The fourth-order valence-electron chi connectivity index (χ4n) is 2.31. The van der Waals surface area contributed by atoms with Gasteiger partial charge in [-0.3, -0.25) is 4.98 Å². The van der Waals surface area contributed by atoms with Gasteiger partial charge in [0.15, 0.2) is 0 Å². The van der Waals surface area contributed by atoms with Crippen LogP contribution in [0.25, 0.3) is 22.4 Å². The molecular formula is C19H17N. The monoisotopic (exact) mass is 259 g/mol. The number of hydrogen-bond acceptors (Lipinski definition) is 1. The molecule has 0 aliphatic heterocycles. The first-order valence-corrected chi connectivity index (χ1v) is 6.97. The van der Waals surface area contributed by atoms with Gasteiger partial charge < -0.3 is 0 Å². The minimum Gasteiger partial charge on any atom is -0.256 e. The molecule has 0 aliphatic carbocycles. The zero-order valence-corrected chi connectivity index (χ0v) is 11.6. The van der Waals surface area contributed by atoms with Crippen LogP contribution in [0.15, 0.2) is 72.9 Å². The highest BCUT2D eigenvalue weighted by Gasteiger charge is 2.02. The van der Waals surface area contributed by atoms with Gasteiger partial charge in [0.1, 0.15) is 0 Å². The van der Waals surface area contributed by atoms with Crippen molar-refractivity contribution in [3.63, 3.8) is 0 Å². The number of aryl methyl sites for hydroxylation is 1. The van der Waals surface area contributed by atoms with Crippen molar-refractivity contribution in [1.29, 1.82) is 0 Å². The summed E-state index contributed by atoms with van der Waals surface area (Å²) in [5.74, 6) is 0. The highest BCUT2D eigenvalue weighted by Crippen LogP contribution is 2.24. The predicted octanol–water partition coefficient (Wildman–Crippen LogP) is 4.98. The number of hydrogen-bond donors (Lipinski definition) is 0. The molecule has 0 N–H and O–H groups in total. The summed E-state index contributed by atoms with van der Waals surface area (Å²) in [4.78, 5) is 4.47. The third kappa shape index (κ3) is 2.62. The van der Waals surface area contributed by atoms with Crippen LogP contribution in [-0.4, -0.2) is 4.98 Å². The lowest BCUT2D eigenvalue weighted by Crippen LogP contribution is -1.86. The minimum absolute atomic E-state index is 1.02. The Bertz CT molecular complexity index is 684. The normalized spacial score (nSPS) is 10.4. The second-order valence-electron chi connectivity index (χ2n) is 4.85. The molecule has 3 aromatic rings. The Morgan fingerprint density at radius 1 is 0.750 bits per heavy atom. The van der Waals surface area contributed by atoms with Crippen molar-refractivity contribution in [2.24, 2.45) is 0 Å². The molecule has 0 fully saturated rings. The first-order valence-electron chi connectivity index (χ1n) is 6.97. The average molecular weight is 259 g/mol. The van der Waals surface area contributed by atoms with Gasteiger partial charge in [-0.05, 0) is 35.2 Å². The zero-order valence-electron chi connectivity index (χ0n) is 11.6. The van der Waals surface area contributed by atoms with Gasteiger partial charge in [0.05, 0.1) is 5.69 Å². The van der Waals surface area contributed by atoms with E-state index in [1.807, 2.05) is 24.4 Å². The smallest absolute Gasteiger partial charge is 0.0708 e. The van der Waals surface area contributed by atoms with Crippen molar-refractivity contribution in [3.8, 4) is 22.4 Å². The molecule has 1 heterocycles. The van der Waals surface area contributed by atoms with E-state index in [1.165, 1.54) is 16.7 Å². The van der Waals surface area contributed by atoms with E-state index >= 15 is 0 Å². The molecular weight excluding hydrogens is 242 g/mol. The van der Waals surface area contributed by atoms with Crippen LogP contribution < -0.4 is 0 Å². The van der Waals surface area contributed by atoms with Crippen LogP contribution in [0.3, 0.4) is 0 Å². The number of benzene rings is 2. The molecule has 2 aromatic carbocycles. The maximum atomic E-state index is 4.47. The molecule has 98 valence electrons. The molecule has 3 rings (SSSR count). The van der Waals surface area contributed by atoms with Gasteiger partial charge in [0.2, 0.25) is 0 Å². The summed E-state index contributed by atoms with van der Waals surface area (Å²) in [5, 5.41) is 0. The number of aromatic nitrogens is 1. The molecule has 0 bridgehead atoms. The van der Waals surface area contributed by atoms with E-state index in [0.717, 1.165) is 17.7 Å². The van der Waals surface area contributed by atoms with Crippen molar-refractivity contribution < 1.29 is 0 Å². The van der Waals surface area contributed by atoms with E-state index in [2.05, 4.69) is 60.4 Å². The summed E-state index contributed by atoms with van der Waals surface area (Å²) in [6, 6.07) is 23.3. The second-order valence-corrected chi connectivity index (χ2v) is 4.85. The van der Waals surface area contributed by atoms with Crippen molar-refractivity contribution in [3.05, 3.63) is 78.5 Å². The first-order chi connectivity index (χ1) is 9.86. The Kier molecular flexibility index (Phi) is 3.60. The maximum Gasteiger partial charge on any atom is 0.0708 e. The highest BCUT2D eigenvalue weighted by atomic mass is 14.7. The van der Waals surface area contributed by atoms with Gasteiger partial charge in [-0.15, -0.1) is 0 Å². The van der Waals surface area contributed by atoms with Gasteiger partial charge in [0.25, 0.3) is 0 Å². The third-order valence-corrected chi connectivity index (χ3v) is 3.53. The van der Waals surface area contributed by atoms with Crippen LogP contribution in [-0.2, 0) is 6.42 Å². The largest absolute Gasteiger partial charge is 0.256 e. The number of rotatable bonds is 3. The maximum absolute atomic E-state index is 4.47. The van der Waals surface area contributed by atoms with E-state index in [1.54, 1.807) is 0 Å². The second kappa shape index (κ2) is 5.70. The summed E-state index contributed by atoms with van der Waals surface area (Å²) in [7, 11) is 0. The number of pyridine rings is 1. The van der Waals surface area contributed by atoms with Gasteiger partial charge >= 0.3 is 0 Å². The number of nitrogens with zero attached hydrogens (tertiary/aromatic N) is 1. The predicted molar refractivity (Wildman–Crippen MR) is 84.5 cm³/mol. The Morgan fingerprint density at radius 2 is 1.50 bits per heavy atom. The fraction of sp³-hybridized carbons (Fsp3) is 0.105. The lowest BCUT2D eigenvalue weighted by molar-refractivity contribution is 1.14. The molecule has 0 saturated heterocycles. The fourth-order valence-corrected chi connectivity index (χ4v) is 2.31. The van der Waals surface area contributed by atoms with E-state index < -0.39 is 0 Å². The van der Waals surface area contributed by atoms with E-state index in [0.29, 0.717) is 0 Å². The molecule has 0 spiro atoms. The highest BCUT2D eigenvalue weighted by molar-refractivity contribution is 5.70. The third-order valence-electron chi connectivity index (χ3n) is 3.53. The van der Waals surface area contributed by atoms with Crippen LogP contribution in [0.2, 0.25) is 0 Å². The van der Waals surface area contributed by atoms with Gasteiger partial charge in [0, 0.05) is 11.8 Å². The summed E-state index contributed by atoms with van der Waals surface area (Å²) in [5.41, 5.74) is 5.98. The van der Waals surface area contributed by atoms with Crippen LogP contribution in [0, 0.1) is 0 Å². The molecule has 1 heteroatoms. The molecule has 0 amide bonds. The summed E-state index contributed by atoms with van der Waals surface area (Å²) in [6.45, 7) is 2.18. The Balaban J connectivity index is 1.98. The standard InChI is InChI=1S/C19H17N/c1-2-15-8-10-16(11-9-15)18-12-13-20-19(14-18)17-6-4-3-5-7-17/h3-14H,2H2,1H3. The summed E-state index contributed by atoms with van der Waals surface area (Å²) in [6.07, 6.45) is 2.96. The molecule has 20 heavy (non-hydrogen) atoms. The molecule has 1 aromatic heterocycles. The molecule has 0 radical (unpaired) electrons. The van der Waals surface area contributed by atoms with Gasteiger partial charge in [-0.1, -0.05) is 61.5 Å². The van der Waals surface area contributed by atoms with Crippen LogP contribution in [0.5, 0.6) is 0 Å². The topological polar surface area (TPSA) is 12.9 Å². The molecule has 0 saturated carbocycles. The van der Waals surface area contributed by atoms with E-state index in [9.17, 15) is 0 Å². The lowest BCUT2D eigenvalue weighted by Gasteiger charge is -2.06. The van der Waals surface area contributed by atoms with Crippen molar-refractivity contribution in [1.82, 2.24) is 4.98 Å². The van der Waals surface area contributed by atoms with E-state index in [4.69, 9.17) is 0 Å². The van der Waals surface area contributed by atoms with Gasteiger partial charge in [-0.25, -0.2) is 0 Å². The van der Waals surface area contributed by atoms with E-state index in [-0.39, 0.29) is 0 Å². The van der Waals surface area contributed by atoms with Crippen molar-refractivity contribution in [2.75, 3.05) is 0 Å². The lowest BCUT2D eigenvalue weighted by atomic mass is 10.0. The van der Waals surface area contributed by atoms with Crippen LogP contribution in [0.4, 0.5) is 0 Å². The Hall–Kier alpha value is -2.41. The zero-order chi connectivity index (χ0) is 13.8. The molecule has 0 atom stereocenters. The van der Waals surface area contributed by atoms with Crippen LogP contribution >= 0.6 is 0 Å². The Labute approximate surface area is 119 Å². The Morgan fingerprint density at radius 3 is 2.20 bits per heavy atom. The van der Waals surface area contributed by atoms with Gasteiger partial charge in [-0.2, -0.15) is 0 Å². The average Bonchev–Trinajstić information content (AvgIpc) is 2.56. The molecule has 0 unspecified atom stereocenters. The van der Waals surface area contributed by atoms with Crippen molar-refractivity contribution in [2.45, 2.75) is 13.3 Å². The minimum atomic E-state index is 1.02. The van der Waals surface area contributed by atoms with Crippen LogP contribution in [0.1, 0.15) is 12.5 Å². The quantitative estimate of drug-likeness (QED) is 0.646. The molecule has 0 aliphatic rings. The van der Waals surface area contributed by atoms with Crippen molar-refractivity contribution >= 4 is 0 Å². The first kappa shape index (κ1) is 12.6. The molecule has 1 nitrogen and oxygen atoms in total. The SMILES string of the molecule is CCc1ccc(-c2ccnc(-c3ccccc3)c2)cc1.